The summed E-state index contributed by atoms with van der Waals surface area (Å²) in [5.74, 6) is -0.0619. The molecule has 0 fully saturated rings. The predicted octanol–water partition coefficient (Wildman–Crippen LogP) is 2.80. The van der Waals surface area contributed by atoms with E-state index in [2.05, 4.69) is 5.32 Å². The minimum absolute atomic E-state index is 0.0651. The van der Waals surface area contributed by atoms with Crippen LogP contribution in [0.3, 0.4) is 0 Å². The molecule has 2 rings (SSSR count). The van der Waals surface area contributed by atoms with E-state index in [0.29, 0.717) is 6.54 Å². The zero-order chi connectivity index (χ0) is 14.5. The first kappa shape index (κ1) is 14.3. The number of carboxylic acids is 1. The van der Waals surface area contributed by atoms with E-state index in [1.807, 2.05) is 50.2 Å². The van der Waals surface area contributed by atoms with Crippen LogP contribution in [-0.2, 0) is 11.3 Å². The number of ether oxygens (including phenoxy) is 1. The molecule has 2 aromatic carbocycles. The lowest BCUT2D eigenvalue weighted by atomic mass is 10.0. The molecule has 106 valence electrons. The summed E-state index contributed by atoms with van der Waals surface area (Å²) in [5, 5.41) is 13.9. The summed E-state index contributed by atoms with van der Waals surface area (Å²) >= 11 is 0. The lowest BCUT2D eigenvalue weighted by molar-refractivity contribution is -0.136. The number of fused-ring (bicyclic) bond motifs is 1. The van der Waals surface area contributed by atoms with Gasteiger partial charge in [-0.1, -0.05) is 30.3 Å². The zero-order valence-corrected chi connectivity index (χ0v) is 11.7. The third-order valence-electron chi connectivity index (χ3n) is 2.94. The number of carboxylic acid groups (broad SMARTS) is 1. The Morgan fingerprint density at radius 2 is 2.00 bits per heavy atom. The van der Waals surface area contributed by atoms with Crippen molar-refractivity contribution in [3.8, 4) is 5.75 Å². The van der Waals surface area contributed by atoms with Gasteiger partial charge in [-0.3, -0.25) is 4.79 Å². The second kappa shape index (κ2) is 6.39. The molecule has 0 aromatic heterocycles. The summed E-state index contributed by atoms with van der Waals surface area (Å²) in [6.07, 6.45) is 0.0781. The molecule has 0 saturated carbocycles. The summed E-state index contributed by atoms with van der Waals surface area (Å²) in [6, 6.07) is 12.0. The number of hydrogen-bond acceptors (Lipinski definition) is 3. The molecule has 0 aliphatic heterocycles. The average molecular weight is 273 g/mol. The van der Waals surface area contributed by atoms with Gasteiger partial charge in [0.15, 0.2) is 0 Å². The molecule has 0 aliphatic carbocycles. The van der Waals surface area contributed by atoms with Crippen LogP contribution in [-0.4, -0.2) is 23.7 Å². The lowest BCUT2D eigenvalue weighted by Gasteiger charge is -2.16. The Hall–Kier alpha value is -2.07. The fourth-order valence-electron chi connectivity index (χ4n) is 2.16. The van der Waals surface area contributed by atoms with Crippen LogP contribution < -0.4 is 10.1 Å². The maximum atomic E-state index is 10.6. The topological polar surface area (TPSA) is 58.6 Å². The van der Waals surface area contributed by atoms with E-state index >= 15 is 0 Å². The molecule has 0 bridgehead atoms. The van der Waals surface area contributed by atoms with Crippen molar-refractivity contribution >= 4 is 16.7 Å². The molecule has 4 heteroatoms. The molecule has 0 unspecified atom stereocenters. The highest BCUT2D eigenvalue weighted by Crippen LogP contribution is 2.28. The summed E-state index contributed by atoms with van der Waals surface area (Å²) in [6.45, 7) is 4.35. The summed E-state index contributed by atoms with van der Waals surface area (Å²) in [5.41, 5.74) is 0.998. The quantitative estimate of drug-likeness (QED) is 0.849. The molecule has 2 aromatic rings. The molecule has 0 heterocycles. The van der Waals surface area contributed by atoms with E-state index in [9.17, 15) is 4.79 Å². The summed E-state index contributed by atoms with van der Waals surface area (Å²) in [7, 11) is 0. The first-order chi connectivity index (χ1) is 9.58. The molecule has 0 atom stereocenters. The van der Waals surface area contributed by atoms with Crippen LogP contribution >= 0.6 is 0 Å². The van der Waals surface area contributed by atoms with E-state index in [4.69, 9.17) is 9.84 Å². The normalized spacial score (nSPS) is 10.9. The van der Waals surface area contributed by atoms with Gasteiger partial charge in [-0.15, -0.1) is 0 Å². The van der Waals surface area contributed by atoms with Gasteiger partial charge in [-0.2, -0.15) is 0 Å². The van der Waals surface area contributed by atoms with Crippen LogP contribution in [0, 0.1) is 0 Å². The zero-order valence-electron chi connectivity index (χ0n) is 11.7. The van der Waals surface area contributed by atoms with E-state index in [0.717, 1.165) is 22.1 Å². The first-order valence-corrected chi connectivity index (χ1v) is 6.67. The second-order valence-corrected chi connectivity index (χ2v) is 4.93. The van der Waals surface area contributed by atoms with Gasteiger partial charge >= 0.3 is 5.97 Å². The molecule has 0 radical (unpaired) electrons. The molecule has 2 N–H and O–H groups in total. The maximum absolute atomic E-state index is 10.6. The van der Waals surface area contributed by atoms with Crippen LogP contribution in [0.4, 0.5) is 0 Å². The van der Waals surface area contributed by atoms with E-state index < -0.39 is 5.97 Å². The highest BCUT2D eigenvalue weighted by Gasteiger charge is 2.10. The van der Waals surface area contributed by atoms with Crippen molar-refractivity contribution in [2.24, 2.45) is 0 Å². The fourth-order valence-corrected chi connectivity index (χ4v) is 2.16. The molecule has 4 nitrogen and oxygen atoms in total. The molecule has 0 spiro atoms. The van der Waals surface area contributed by atoms with Crippen molar-refractivity contribution < 1.29 is 14.6 Å². The number of benzene rings is 2. The van der Waals surface area contributed by atoms with Crippen LogP contribution in [0.2, 0.25) is 0 Å². The molecule has 20 heavy (non-hydrogen) atoms. The number of hydrogen-bond donors (Lipinski definition) is 2. The predicted molar refractivity (Wildman–Crippen MR) is 79.1 cm³/mol. The summed E-state index contributed by atoms with van der Waals surface area (Å²) in [4.78, 5) is 10.6. The average Bonchev–Trinajstić information content (AvgIpc) is 2.40. The largest absolute Gasteiger partial charge is 0.491 e. The molecule has 0 aliphatic rings. The van der Waals surface area contributed by atoms with Crippen molar-refractivity contribution in [1.29, 1.82) is 0 Å². The van der Waals surface area contributed by atoms with Crippen molar-refractivity contribution in [3.63, 3.8) is 0 Å². The molecule has 0 saturated heterocycles. The van der Waals surface area contributed by atoms with E-state index in [1.54, 1.807) is 0 Å². The maximum Gasteiger partial charge on any atom is 0.317 e. The minimum atomic E-state index is -0.864. The van der Waals surface area contributed by atoms with Gasteiger partial charge in [0, 0.05) is 12.1 Å². The van der Waals surface area contributed by atoms with Gasteiger partial charge in [-0.25, -0.2) is 0 Å². The van der Waals surface area contributed by atoms with Crippen molar-refractivity contribution in [1.82, 2.24) is 5.32 Å². The van der Waals surface area contributed by atoms with Crippen molar-refractivity contribution in [3.05, 3.63) is 42.0 Å². The molecule has 0 amide bonds. The highest BCUT2D eigenvalue weighted by atomic mass is 16.5. The van der Waals surface area contributed by atoms with Gasteiger partial charge in [-0.05, 0) is 30.7 Å². The Bertz CT molecular complexity index is 608. The van der Waals surface area contributed by atoms with Gasteiger partial charge in [0.25, 0.3) is 0 Å². The van der Waals surface area contributed by atoms with E-state index in [-0.39, 0.29) is 12.6 Å². The fraction of sp³-hybridized carbons (Fsp3) is 0.312. The van der Waals surface area contributed by atoms with Crippen LogP contribution in [0.15, 0.2) is 36.4 Å². The number of carbonyl (C=O) groups is 1. The SMILES string of the molecule is CC(C)Oc1ccc2ccccc2c1CNCC(=O)O. The third-order valence-corrected chi connectivity index (χ3v) is 2.94. The van der Waals surface area contributed by atoms with Crippen LogP contribution in [0.5, 0.6) is 5.75 Å². The van der Waals surface area contributed by atoms with E-state index in [1.165, 1.54) is 0 Å². The number of rotatable bonds is 6. The number of aliphatic carboxylic acids is 1. The monoisotopic (exact) mass is 273 g/mol. The van der Waals surface area contributed by atoms with Gasteiger partial charge < -0.3 is 15.2 Å². The highest BCUT2D eigenvalue weighted by molar-refractivity contribution is 5.87. The smallest absolute Gasteiger partial charge is 0.317 e. The Labute approximate surface area is 118 Å². The number of nitrogens with one attached hydrogen (secondary N) is 1. The lowest BCUT2D eigenvalue weighted by Crippen LogP contribution is -2.22. The Balaban J connectivity index is 2.36. The Morgan fingerprint density at radius 3 is 2.70 bits per heavy atom. The third kappa shape index (κ3) is 3.48. The summed E-state index contributed by atoms with van der Waals surface area (Å²) < 4.78 is 5.82. The Morgan fingerprint density at radius 1 is 1.25 bits per heavy atom. The van der Waals surface area contributed by atoms with Gasteiger partial charge in [0.05, 0.1) is 12.6 Å². The standard InChI is InChI=1S/C16H19NO3/c1-11(2)20-15-8-7-12-5-3-4-6-13(12)14(15)9-17-10-16(18)19/h3-8,11,17H,9-10H2,1-2H3,(H,18,19). The second-order valence-electron chi connectivity index (χ2n) is 4.93. The van der Waals surface area contributed by atoms with Gasteiger partial charge in [0.2, 0.25) is 0 Å². The molecular weight excluding hydrogens is 254 g/mol. The molecular formula is C16H19NO3. The minimum Gasteiger partial charge on any atom is -0.491 e. The first-order valence-electron chi connectivity index (χ1n) is 6.67. The van der Waals surface area contributed by atoms with Gasteiger partial charge in [0.1, 0.15) is 5.75 Å². The van der Waals surface area contributed by atoms with Crippen molar-refractivity contribution in [2.45, 2.75) is 26.5 Å². The van der Waals surface area contributed by atoms with Crippen molar-refractivity contribution in [2.75, 3.05) is 6.54 Å². The van der Waals surface area contributed by atoms with Crippen LogP contribution in [0.1, 0.15) is 19.4 Å². The van der Waals surface area contributed by atoms with Crippen LogP contribution in [0.25, 0.3) is 10.8 Å². The Kier molecular flexibility index (Phi) is 4.58.